The quantitative estimate of drug-likeness (QED) is 0.636. The number of thiophene rings is 1. The normalized spacial score (nSPS) is 26.1. The molecule has 0 bridgehead atoms. The maximum atomic E-state index is 12.8. The summed E-state index contributed by atoms with van der Waals surface area (Å²) >= 11 is 1.74. The average molecular weight is 422 g/mol. The fraction of sp³-hybridized carbons (Fsp3) is 0.400. The predicted octanol–water partition coefficient (Wildman–Crippen LogP) is 4.52. The van der Waals surface area contributed by atoms with Gasteiger partial charge < -0.3 is 15.2 Å². The molecule has 2 aliphatic carbocycles. The number of aryl methyl sites for hydroxylation is 2. The molecule has 1 saturated carbocycles. The molecule has 0 amide bonds. The number of ether oxygens (including phenoxy) is 1. The van der Waals surface area contributed by atoms with E-state index < -0.39 is 6.10 Å². The highest BCUT2D eigenvalue weighted by Gasteiger charge is 2.37. The van der Waals surface area contributed by atoms with Gasteiger partial charge in [-0.25, -0.2) is 0 Å². The number of benzene rings is 2. The summed E-state index contributed by atoms with van der Waals surface area (Å²) in [5.74, 6) is 1.07. The summed E-state index contributed by atoms with van der Waals surface area (Å²) in [6.07, 6.45) is 2.70. The van der Waals surface area contributed by atoms with E-state index in [0.717, 1.165) is 47.8 Å². The molecule has 0 radical (unpaired) electrons. The molecule has 156 valence electrons. The van der Waals surface area contributed by atoms with Gasteiger partial charge in [0, 0.05) is 39.2 Å². The van der Waals surface area contributed by atoms with Gasteiger partial charge in [-0.3, -0.25) is 4.79 Å². The van der Waals surface area contributed by atoms with Crippen molar-refractivity contribution >= 4 is 27.9 Å². The Kier molecular flexibility index (Phi) is 5.35. The first kappa shape index (κ1) is 19.7. The molecule has 0 saturated heterocycles. The van der Waals surface area contributed by atoms with Crippen LogP contribution in [0.25, 0.3) is 10.8 Å². The minimum Gasteiger partial charge on any atom is -0.487 e. The second-order valence-electron chi connectivity index (χ2n) is 8.51. The highest BCUT2D eigenvalue weighted by atomic mass is 32.1. The van der Waals surface area contributed by atoms with Crippen LogP contribution in [-0.2, 0) is 6.42 Å². The molecule has 1 aromatic heterocycles. The minimum atomic E-state index is -0.582. The maximum Gasteiger partial charge on any atom is 0.168 e. The van der Waals surface area contributed by atoms with Crippen LogP contribution >= 0.6 is 11.3 Å². The fourth-order valence-electron chi connectivity index (χ4n) is 4.86. The van der Waals surface area contributed by atoms with Crippen LogP contribution in [0.15, 0.2) is 48.5 Å². The Labute approximate surface area is 180 Å². The third kappa shape index (κ3) is 3.66. The van der Waals surface area contributed by atoms with Gasteiger partial charge in [0.1, 0.15) is 18.0 Å². The van der Waals surface area contributed by atoms with E-state index >= 15 is 0 Å². The zero-order valence-corrected chi connectivity index (χ0v) is 18.0. The molecule has 0 aliphatic heterocycles. The van der Waals surface area contributed by atoms with E-state index in [1.165, 1.54) is 9.75 Å². The van der Waals surface area contributed by atoms with Crippen molar-refractivity contribution in [2.24, 2.45) is 5.92 Å². The Bertz CT molecular complexity index is 1070. The maximum absolute atomic E-state index is 12.8. The highest BCUT2D eigenvalue weighted by molar-refractivity contribution is 7.12. The van der Waals surface area contributed by atoms with Crippen LogP contribution in [-0.4, -0.2) is 35.7 Å². The summed E-state index contributed by atoms with van der Waals surface area (Å²) in [5, 5.41) is 16.5. The molecule has 4 nitrogen and oxygen atoms in total. The van der Waals surface area contributed by atoms with Crippen molar-refractivity contribution in [3.63, 3.8) is 0 Å². The molecule has 0 spiro atoms. The number of Topliss-reactive ketones (excluding diaryl/α,β-unsaturated/α-hetero) is 1. The number of carbonyl (C=O) groups is 1. The second-order valence-corrected chi connectivity index (χ2v) is 9.85. The molecule has 1 heterocycles. The van der Waals surface area contributed by atoms with E-state index in [1.807, 2.05) is 30.3 Å². The molecule has 5 rings (SSSR count). The SMILES string of the molecule is Cc1cc2c(s1)CCC(CN[C@H]1CC[C@H](Oc3cccc4ccccc34)[C@H]1O)C2=O. The first-order chi connectivity index (χ1) is 14.6. The molecule has 3 aromatic rings. The number of carbonyl (C=O) groups excluding carboxylic acids is 1. The van der Waals surface area contributed by atoms with Crippen LogP contribution in [0.4, 0.5) is 0 Å². The zero-order chi connectivity index (χ0) is 20.7. The van der Waals surface area contributed by atoms with Crippen molar-refractivity contribution in [1.82, 2.24) is 5.32 Å². The van der Waals surface area contributed by atoms with Gasteiger partial charge in [0.2, 0.25) is 0 Å². The summed E-state index contributed by atoms with van der Waals surface area (Å²) in [6.45, 7) is 2.68. The first-order valence-corrected chi connectivity index (χ1v) is 11.6. The highest BCUT2D eigenvalue weighted by Crippen LogP contribution is 2.33. The van der Waals surface area contributed by atoms with E-state index in [4.69, 9.17) is 4.74 Å². The lowest BCUT2D eigenvalue weighted by Crippen LogP contribution is -2.44. The molecule has 5 heteroatoms. The summed E-state index contributed by atoms with van der Waals surface area (Å²) < 4.78 is 6.24. The van der Waals surface area contributed by atoms with E-state index in [9.17, 15) is 9.90 Å². The van der Waals surface area contributed by atoms with Gasteiger partial charge in [-0.15, -0.1) is 11.3 Å². The largest absolute Gasteiger partial charge is 0.487 e. The molecule has 2 aliphatic rings. The number of aliphatic hydroxyl groups excluding tert-OH is 1. The van der Waals surface area contributed by atoms with Gasteiger partial charge in [-0.1, -0.05) is 36.4 Å². The Morgan fingerprint density at radius 2 is 1.97 bits per heavy atom. The lowest BCUT2D eigenvalue weighted by molar-refractivity contribution is 0.0450. The smallest absolute Gasteiger partial charge is 0.168 e. The van der Waals surface area contributed by atoms with Crippen LogP contribution in [0.1, 0.15) is 39.4 Å². The number of rotatable bonds is 5. The summed E-state index contributed by atoms with van der Waals surface area (Å²) in [5.41, 5.74) is 0.916. The molecule has 4 atom stereocenters. The van der Waals surface area contributed by atoms with Gasteiger partial charge in [0.25, 0.3) is 0 Å². The third-order valence-electron chi connectivity index (χ3n) is 6.50. The minimum absolute atomic E-state index is 0.00302. The topological polar surface area (TPSA) is 58.6 Å². The van der Waals surface area contributed by atoms with Crippen molar-refractivity contribution in [2.45, 2.75) is 50.9 Å². The van der Waals surface area contributed by atoms with Gasteiger partial charge in [0.15, 0.2) is 5.78 Å². The standard InChI is InChI=1S/C25H27NO3S/c1-15-13-19-23(30-15)12-9-17(24(19)27)14-26-20-10-11-22(25(20)28)29-21-8-4-6-16-5-2-3-7-18(16)21/h2-8,13,17,20,22,25-26,28H,9-12,14H2,1H3/t17?,20-,22-,25-/m0/s1. The van der Waals surface area contributed by atoms with Crippen LogP contribution in [0, 0.1) is 12.8 Å². The summed E-state index contributed by atoms with van der Waals surface area (Å²) in [4.78, 5) is 15.3. The summed E-state index contributed by atoms with van der Waals surface area (Å²) in [6, 6.07) is 16.2. The fourth-order valence-corrected chi connectivity index (χ4v) is 5.91. The molecule has 2 aromatic carbocycles. The predicted molar refractivity (Wildman–Crippen MR) is 121 cm³/mol. The molecule has 2 N–H and O–H groups in total. The van der Waals surface area contributed by atoms with Crippen molar-refractivity contribution in [3.8, 4) is 5.75 Å². The monoisotopic (exact) mass is 421 g/mol. The number of aliphatic hydroxyl groups is 1. The van der Waals surface area contributed by atoms with Crippen LogP contribution in [0.2, 0.25) is 0 Å². The molecular formula is C25H27NO3S. The van der Waals surface area contributed by atoms with Gasteiger partial charge in [-0.2, -0.15) is 0 Å². The number of hydrogen-bond donors (Lipinski definition) is 2. The van der Waals surface area contributed by atoms with Crippen molar-refractivity contribution < 1.29 is 14.6 Å². The van der Waals surface area contributed by atoms with Crippen LogP contribution in [0.3, 0.4) is 0 Å². The van der Waals surface area contributed by atoms with Crippen molar-refractivity contribution in [1.29, 1.82) is 0 Å². The lowest BCUT2D eigenvalue weighted by Gasteiger charge is -2.26. The van der Waals surface area contributed by atoms with E-state index in [1.54, 1.807) is 11.3 Å². The Morgan fingerprint density at radius 3 is 2.87 bits per heavy atom. The Morgan fingerprint density at radius 1 is 1.13 bits per heavy atom. The number of ketones is 1. The van der Waals surface area contributed by atoms with E-state index in [2.05, 4.69) is 30.4 Å². The summed E-state index contributed by atoms with van der Waals surface area (Å²) in [7, 11) is 0. The van der Waals surface area contributed by atoms with Gasteiger partial charge in [0.05, 0.1) is 0 Å². The second kappa shape index (κ2) is 8.14. The van der Waals surface area contributed by atoms with Crippen LogP contribution < -0.4 is 10.1 Å². The van der Waals surface area contributed by atoms with Crippen molar-refractivity contribution in [2.75, 3.05) is 6.54 Å². The molecule has 30 heavy (non-hydrogen) atoms. The number of fused-ring (bicyclic) bond motifs is 2. The van der Waals surface area contributed by atoms with Gasteiger partial charge >= 0.3 is 0 Å². The number of nitrogens with one attached hydrogen (secondary N) is 1. The molecule has 1 unspecified atom stereocenters. The Hall–Kier alpha value is -2.21. The first-order valence-electron chi connectivity index (χ1n) is 10.8. The van der Waals surface area contributed by atoms with E-state index in [0.29, 0.717) is 6.54 Å². The zero-order valence-electron chi connectivity index (χ0n) is 17.1. The molecule has 1 fully saturated rings. The van der Waals surface area contributed by atoms with E-state index in [-0.39, 0.29) is 23.8 Å². The molecular weight excluding hydrogens is 394 g/mol. The number of hydrogen-bond acceptors (Lipinski definition) is 5. The lowest BCUT2D eigenvalue weighted by atomic mass is 9.87. The Balaban J connectivity index is 1.21. The van der Waals surface area contributed by atoms with Crippen LogP contribution in [0.5, 0.6) is 5.75 Å². The van der Waals surface area contributed by atoms with Gasteiger partial charge in [-0.05, 0) is 50.1 Å². The third-order valence-corrected chi connectivity index (χ3v) is 7.61. The average Bonchev–Trinajstić information content (AvgIpc) is 3.30. The van der Waals surface area contributed by atoms with Crippen molar-refractivity contribution in [3.05, 3.63) is 63.8 Å².